The molecule has 0 heterocycles. The molecule has 1 aliphatic carbocycles. The number of ether oxygens (including phenoxy) is 6. The summed E-state index contributed by atoms with van der Waals surface area (Å²) < 4.78 is 33.2. The van der Waals surface area contributed by atoms with Crippen LogP contribution >= 0.6 is 0 Å². The van der Waals surface area contributed by atoms with Gasteiger partial charge >= 0.3 is 18.5 Å². The molecule has 1 aliphatic rings. The molecule has 0 N–H and O–H groups in total. The van der Waals surface area contributed by atoms with Crippen molar-refractivity contribution >= 4 is 18.5 Å². The summed E-state index contributed by atoms with van der Waals surface area (Å²) in [7, 11) is 0. The van der Waals surface area contributed by atoms with Gasteiger partial charge in [0.15, 0.2) is 0 Å². The van der Waals surface area contributed by atoms with Crippen LogP contribution in [-0.2, 0) is 21.7 Å². The Hall–Kier alpha value is -6.87. The summed E-state index contributed by atoms with van der Waals surface area (Å²) in [6, 6.07) is 44.8. The number of carbonyl (C=O) groups is 3. The van der Waals surface area contributed by atoms with Crippen LogP contribution in [0, 0.1) is 11.3 Å². The average molecular weight is 917 g/mol. The fraction of sp³-hybridized carbons (Fsp3) is 0.339. The molecule has 68 heavy (non-hydrogen) atoms. The summed E-state index contributed by atoms with van der Waals surface area (Å²) in [6.07, 6.45) is 0.452. The highest BCUT2D eigenvalue weighted by Crippen LogP contribution is 2.54. The predicted octanol–water partition coefficient (Wildman–Crippen LogP) is 15.5. The van der Waals surface area contributed by atoms with Crippen molar-refractivity contribution in [3.05, 3.63) is 179 Å². The third-order valence-corrected chi connectivity index (χ3v) is 13.0. The van der Waals surface area contributed by atoms with Gasteiger partial charge in [0.25, 0.3) is 0 Å². The van der Waals surface area contributed by atoms with E-state index in [0.29, 0.717) is 40.4 Å². The van der Waals surface area contributed by atoms with Crippen LogP contribution in [0.3, 0.4) is 0 Å². The van der Waals surface area contributed by atoms with Gasteiger partial charge in [0, 0.05) is 10.8 Å². The molecule has 6 aromatic rings. The van der Waals surface area contributed by atoms with E-state index in [4.69, 9.17) is 28.4 Å². The Bertz CT molecular complexity index is 2680. The summed E-state index contributed by atoms with van der Waals surface area (Å²) in [5.41, 5.74) is 5.72. The molecule has 0 saturated heterocycles. The summed E-state index contributed by atoms with van der Waals surface area (Å²) in [5, 5.41) is 0. The van der Waals surface area contributed by atoms with Gasteiger partial charge in [-0.15, -0.1) is 0 Å². The molecule has 1 fully saturated rings. The molecule has 2 atom stereocenters. The predicted molar refractivity (Wildman–Crippen MR) is 266 cm³/mol. The van der Waals surface area contributed by atoms with E-state index in [0.717, 1.165) is 52.6 Å². The van der Waals surface area contributed by atoms with E-state index in [1.807, 2.05) is 97.1 Å². The van der Waals surface area contributed by atoms with Crippen LogP contribution in [0.4, 0.5) is 14.4 Å². The molecule has 0 aliphatic heterocycles. The Morgan fingerprint density at radius 1 is 0.397 bits per heavy atom. The van der Waals surface area contributed by atoms with Crippen LogP contribution in [-0.4, -0.2) is 18.5 Å². The first kappa shape index (κ1) is 49.0. The van der Waals surface area contributed by atoms with Crippen LogP contribution in [0.1, 0.15) is 129 Å². The zero-order chi connectivity index (χ0) is 49.1. The van der Waals surface area contributed by atoms with Crippen LogP contribution < -0.4 is 28.4 Å². The molecule has 0 bridgehead atoms. The van der Waals surface area contributed by atoms with E-state index in [2.05, 4.69) is 76.2 Å². The number of benzene rings is 6. The van der Waals surface area contributed by atoms with E-state index < -0.39 is 23.9 Å². The van der Waals surface area contributed by atoms with Gasteiger partial charge in [-0.25, -0.2) is 14.4 Å². The van der Waals surface area contributed by atoms with Crippen molar-refractivity contribution in [2.24, 2.45) is 11.3 Å². The van der Waals surface area contributed by atoms with Gasteiger partial charge in [0.1, 0.15) is 34.5 Å². The maximum Gasteiger partial charge on any atom is 0.519 e. The van der Waals surface area contributed by atoms with Gasteiger partial charge in [0.05, 0.1) is 0 Å². The Kier molecular flexibility index (Phi) is 14.0. The summed E-state index contributed by atoms with van der Waals surface area (Å²) in [5.74, 6) is 2.72. The maximum absolute atomic E-state index is 13.1. The normalized spacial score (nSPS) is 17.1. The number of hydrogen-bond acceptors (Lipinski definition) is 9. The highest BCUT2D eigenvalue weighted by atomic mass is 16.7. The second kappa shape index (κ2) is 19.4. The molecular formula is C59H64O9. The molecule has 0 radical (unpaired) electrons. The monoisotopic (exact) mass is 916 g/mol. The number of carbonyl (C=O) groups excluding carboxylic acids is 3. The maximum atomic E-state index is 13.1. The van der Waals surface area contributed by atoms with Gasteiger partial charge in [-0.3, -0.25) is 0 Å². The zero-order valence-corrected chi connectivity index (χ0v) is 41.2. The van der Waals surface area contributed by atoms with Crippen LogP contribution in [0.15, 0.2) is 146 Å². The molecule has 0 aromatic heterocycles. The molecule has 1 saturated carbocycles. The number of hydrogen-bond donors (Lipinski definition) is 0. The molecule has 6 aromatic carbocycles. The summed E-state index contributed by atoms with van der Waals surface area (Å²) in [6.45, 7) is 23.8. The van der Waals surface area contributed by atoms with Crippen molar-refractivity contribution in [3.63, 3.8) is 0 Å². The Morgan fingerprint density at radius 3 is 0.897 bits per heavy atom. The van der Waals surface area contributed by atoms with Crippen molar-refractivity contribution in [2.75, 3.05) is 0 Å². The van der Waals surface area contributed by atoms with Crippen LogP contribution in [0.2, 0.25) is 0 Å². The molecule has 354 valence electrons. The van der Waals surface area contributed by atoms with Crippen LogP contribution in [0.5, 0.6) is 34.5 Å². The van der Waals surface area contributed by atoms with E-state index in [1.165, 1.54) is 0 Å². The molecule has 7 rings (SSSR count). The fourth-order valence-corrected chi connectivity index (χ4v) is 9.59. The quantitative estimate of drug-likeness (QED) is 0.0980. The zero-order valence-electron chi connectivity index (χ0n) is 41.2. The Morgan fingerprint density at radius 2 is 0.647 bits per heavy atom. The number of rotatable bonds is 10. The third-order valence-electron chi connectivity index (χ3n) is 13.0. The first-order chi connectivity index (χ1) is 32.0. The third kappa shape index (κ3) is 12.0. The van der Waals surface area contributed by atoms with E-state index in [9.17, 15) is 14.4 Å². The van der Waals surface area contributed by atoms with E-state index in [1.54, 1.807) is 48.5 Å². The van der Waals surface area contributed by atoms with E-state index >= 15 is 0 Å². The standard InChI is InChI=1S/C59H64O9/c1-39-36-57(8,9)38-59(37-39,44-20-32-50(33-21-44)67-53(61)64-47-26-14-41(15-27-47)56(5,6)7)45-22-34-51(35-23-45)68-54(62)66-49-30-18-43(19-31-49)58(10,11)42-16-28-48(29-17-42)65-52(60)63-46-24-12-40(13-25-46)55(2,3)4/h12-35,39H,36-38H2,1-11H3. The molecular weight excluding hydrogens is 853 g/mol. The van der Waals surface area contributed by atoms with Crippen molar-refractivity contribution in [2.45, 2.75) is 117 Å². The van der Waals surface area contributed by atoms with Crippen molar-refractivity contribution in [1.29, 1.82) is 0 Å². The lowest BCUT2D eigenvalue weighted by Gasteiger charge is -2.48. The van der Waals surface area contributed by atoms with Gasteiger partial charge < -0.3 is 28.4 Å². The SMILES string of the molecule is CC1CC(C)(C)CC(c2ccc(OC(=O)Oc3ccc(C(C)(C)C)cc3)cc2)(c2ccc(OC(=O)Oc3ccc(C(C)(C)c4ccc(OC(=O)Oc5ccc(C(C)(C)C)cc5)cc4)cc3)cc2)C1. The molecule has 2 unspecified atom stereocenters. The average Bonchev–Trinajstić information content (AvgIpc) is 3.26. The van der Waals surface area contributed by atoms with E-state index in [-0.39, 0.29) is 21.7 Å². The highest BCUT2D eigenvalue weighted by molar-refractivity contribution is 5.69. The van der Waals surface area contributed by atoms with Gasteiger partial charge in [0.2, 0.25) is 0 Å². The van der Waals surface area contributed by atoms with Crippen molar-refractivity contribution < 1.29 is 42.8 Å². The molecule has 0 amide bonds. The Balaban J connectivity index is 0.956. The minimum Gasteiger partial charge on any atom is -0.395 e. The lowest BCUT2D eigenvalue weighted by atomic mass is 9.55. The molecule has 9 nitrogen and oxygen atoms in total. The van der Waals surface area contributed by atoms with Crippen LogP contribution in [0.25, 0.3) is 0 Å². The van der Waals surface area contributed by atoms with Gasteiger partial charge in [-0.2, -0.15) is 0 Å². The minimum atomic E-state index is -0.848. The first-order valence-corrected chi connectivity index (χ1v) is 23.3. The second-order valence-electron chi connectivity index (χ2n) is 21.6. The van der Waals surface area contributed by atoms with Gasteiger partial charge in [-0.05, 0) is 148 Å². The Labute approximate surface area is 401 Å². The fourth-order valence-electron chi connectivity index (χ4n) is 9.59. The minimum absolute atomic E-state index is 0.00929. The molecule has 0 spiro atoms. The smallest absolute Gasteiger partial charge is 0.395 e. The largest absolute Gasteiger partial charge is 0.519 e. The summed E-state index contributed by atoms with van der Waals surface area (Å²) >= 11 is 0. The highest BCUT2D eigenvalue weighted by Gasteiger charge is 2.45. The van der Waals surface area contributed by atoms with Crippen molar-refractivity contribution in [3.8, 4) is 34.5 Å². The van der Waals surface area contributed by atoms with Crippen molar-refractivity contribution in [1.82, 2.24) is 0 Å². The first-order valence-electron chi connectivity index (χ1n) is 23.3. The lowest BCUT2D eigenvalue weighted by Crippen LogP contribution is -2.41. The lowest BCUT2D eigenvalue weighted by molar-refractivity contribution is 0.126. The molecule has 9 heteroatoms. The second-order valence-corrected chi connectivity index (χ2v) is 21.6. The topological polar surface area (TPSA) is 107 Å². The summed E-state index contributed by atoms with van der Waals surface area (Å²) in [4.78, 5) is 38.4. The van der Waals surface area contributed by atoms with Gasteiger partial charge in [-0.1, -0.05) is 149 Å².